The van der Waals surface area contributed by atoms with Crippen molar-refractivity contribution >= 4 is 34.3 Å². The Morgan fingerprint density at radius 2 is 1.71 bits per heavy atom. The number of hydrogen-bond donors (Lipinski definition) is 0. The number of nitro benzene ring substituents is 1. The van der Waals surface area contributed by atoms with Crippen LogP contribution in [0.4, 0.5) is 17.1 Å². The predicted octanol–water partition coefficient (Wildman–Crippen LogP) is 3.53. The molecule has 1 aromatic carbocycles. The molecule has 2 aliphatic heterocycles. The van der Waals surface area contributed by atoms with E-state index in [4.69, 9.17) is 0 Å². The number of nitrogens with zero attached hydrogens (tertiary/aromatic N) is 4. The Labute approximate surface area is 168 Å². The Morgan fingerprint density at radius 1 is 1.00 bits per heavy atom. The van der Waals surface area contributed by atoms with E-state index in [1.807, 2.05) is 36.1 Å². The van der Waals surface area contributed by atoms with Gasteiger partial charge in [-0.2, -0.15) is 0 Å². The average Bonchev–Trinajstić information content (AvgIpc) is 3.39. The number of hydrogen-bond acceptors (Lipinski definition) is 6. The van der Waals surface area contributed by atoms with Gasteiger partial charge in [0.25, 0.3) is 11.6 Å². The first-order valence-corrected chi connectivity index (χ1v) is 10.5. The molecule has 0 aliphatic carbocycles. The van der Waals surface area contributed by atoms with Gasteiger partial charge in [-0.15, -0.1) is 11.3 Å². The van der Waals surface area contributed by atoms with Gasteiger partial charge in [-0.3, -0.25) is 14.9 Å². The zero-order chi connectivity index (χ0) is 19.7. The highest BCUT2D eigenvalue weighted by Gasteiger charge is 2.26. The maximum atomic E-state index is 12.6. The number of nitro groups is 1. The first-order chi connectivity index (χ1) is 13.5. The molecule has 0 N–H and O–H groups in total. The second-order valence-electron chi connectivity index (χ2n) is 7.31. The first kappa shape index (κ1) is 18.7. The van der Waals surface area contributed by atoms with E-state index < -0.39 is 0 Å². The van der Waals surface area contributed by atoms with Crippen molar-refractivity contribution in [3.8, 4) is 0 Å². The van der Waals surface area contributed by atoms with Crippen molar-refractivity contribution in [1.82, 2.24) is 4.90 Å². The van der Waals surface area contributed by atoms with E-state index in [1.165, 1.54) is 11.3 Å². The van der Waals surface area contributed by atoms with E-state index in [-0.39, 0.29) is 16.5 Å². The van der Waals surface area contributed by atoms with E-state index in [1.54, 1.807) is 6.07 Å². The van der Waals surface area contributed by atoms with Crippen LogP contribution in [0.15, 0.2) is 30.3 Å². The van der Waals surface area contributed by atoms with Gasteiger partial charge in [-0.1, -0.05) is 0 Å². The molecule has 1 aromatic heterocycles. The van der Waals surface area contributed by atoms with Crippen LogP contribution in [0.2, 0.25) is 0 Å². The lowest BCUT2D eigenvalue weighted by molar-refractivity contribution is -0.384. The molecule has 0 atom stereocenters. The monoisotopic (exact) mass is 400 g/mol. The van der Waals surface area contributed by atoms with Gasteiger partial charge in [0.2, 0.25) is 0 Å². The predicted molar refractivity (Wildman–Crippen MR) is 112 cm³/mol. The molecule has 0 radical (unpaired) electrons. The molecule has 148 valence electrons. The molecule has 2 aliphatic rings. The highest BCUT2D eigenvalue weighted by Crippen LogP contribution is 2.35. The fourth-order valence-corrected chi connectivity index (χ4v) is 4.78. The third-order valence-corrected chi connectivity index (χ3v) is 6.47. The van der Waals surface area contributed by atoms with Crippen LogP contribution in [0.3, 0.4) is 0 Å². The van der Waals surface area contributed by atoms with E-state index >= 15 is 0 Å². The fraction of sp³-hybridized carbons (Fsp3) is 0.450. The Balaban J connectivity index is 1.47. The number of carbonyl (C=O) groups is 1. The van der Waals surface area contributed by atoms with E-state index in [0.717, 1.165) is 54.5 Å². The molecule has 1 amide bonds. The maximum Gasteiger partial charge on any atom is 0.292 e. The summed E-state index contributed by atoms with van der Waals surface area (Å²) in [6, 6.07) is 9.27. The quantitative estimate of drug-likeness (QED) is 0.580. The summed E-state index contributed by atoms with van der Waals surface area (Å²) in [6.45, 7) is 6.52. The minimum atomic E-state index is -0.295. The summed E-state index contributed by atoms with van der Waals surface area (Å²) < 4.78 is 0. The van der Waals surface area contributed by atoms with E-state index in [9.17, 15) is 14.9 Å². The number of thiophene rings is 1. The summed E-state index contributed by atoms with van der Waals surface area (Å²) in [4.78, 5) is 31.9. The van der Waals surface area contributed by atoms with E-state index in [0.29, 0.717) is 18.8 Å². The van der Waals surface area contributed by atoms with Crippen molar-refractivity contribution in [2.45, 2.75) is 19.8 Å². The van der Waals surface area contributed by atoms with Crippen LogP contribution in [0.5, 0.6) is 0 Å². The van der Waals surface area contributed by atoms with Crippen molar-refractivity contribution in [3.63, 3.8) is 0 Å². The number of aryl methyl sites for hydroxylation is 1. The minimum absolute atomic E-state index is 0.0965. The van der Waals surface area contributed by atoms with Crippen molar-refractivity contribution in [1.29, 1.82) is 0 Å². The number of piperazine rings is 1. The van der Waals surface area contributed by atoms with Gasteiger partial charge < -0.3 is 14.7 Å². The molecule has 2 fully saturated rings. The Kier molecular flexibility index (Phi) is 5.21. The van der Waals surface area contributed by atoms with Crippen molar-refractivity contribution in [2.24, 2.45) is 0 Å². The summed E-state index contributed by atoms with van der Waals surface area (Å²) in [7, 11) is 0. The lowest BCUT2D eigenvalue weighted by Gasteiger charge is -2.36. The smallest absolute Gasteiger partial charge is 0.292 e. The lowest BCUT2D eigenvalue weighted by Crippen LogP contribution is -2.48. The van der Waals surface area contributed by atoms with Crippen LogP contribution in [0.25, 0.3) is 0 Å². The van der Waals surface area contributed by atoms with Gasteiger partial charge in [0.1, 0.15) is 5.69 Å². The average molecular weight is 401 g/mol. The number of amides is 1. The zero-order valence-corrected chi connectivity index (χ0v) is 16.8. The van der Waals surface area contributed by atoms with Gasteiger partial charge in [-0.25, -0.2) is 0 Å². The zero-order valence-electron chi connectivity index (χ0n) is 16.0. The van der Waals surface area contributed by atoms with Gasteiger partial charge in [0, 0.05) is 55.9 Å². The van der Waals surface area contributed by atoms with Crippen LogP contribution < -0.4 is 9.80 Å². The molecule has 3 heterocycles. The molecule has 8 heteroatoms. The normalized spacial score (nSPS) is 17.2. The molecule has 28 heavy (non-hydrogen) atoms. The van der Waals surface area contributed by atoms with Crippen LogP contribution in [0.1, 0.15) is 27.4 Å². The van der Waals surface area contributed by atoms with Gasteiger partial charge in [-0.05, 0) is 44.0 Å². The van der Waals surface area contributed by atoms with Crippen molar-refractivity contribution in [3.05, 3.63) is 50.2 Å². The largest absolute Gasteiger partial charge is 0.368 e. The molecule has 0 unspecified atom stereocenters. The van der Waals surface area contributed by atoms with E-state index in [2.05, 4.69) is 9.80 Å². The molecular weight excluding hydrogens is 376 g/mol. The summed E-state index contributed by atoms with van der Waals surface area (Å²) in [5.41, 5.74) is 1.88. The minimum Gasteiger partial charge on any atom is -0.368 e. The first-order valence-electron chi connectivity index (χ1n) is 9.67. The van der Waals surface area contributed by atoms with Crippen LogP contribution >= 0.6 is 11.3 Å². The topological polar surface area (TPSA) is 69.9 Å². The highest BCUT2D eigenvalue weighted by atomic mass is 32.1. The molecule has 0 saturated carbocycles. The summed E-state index contributed by atoms with van der Waals surface area (Å²) in [5.74, 6) is 0.0965. The molecule has 7 nitrogen and oxygen atoms in total. The van der Waals surface area contributed by atoms with Crippen LogP contribution in [-0.4, -0.2) is 55.0 Å². The Hall–Kier alpha value is -2.61. The molecular formula is C20H24N4O3S. The molecule has 2 saturated heterocycles. The second-order valence-corrected chi connectivity index (χ2v) is 8.60. The summed E-state index contributed by atoms with van der Waals surface area (Å²) in [5, 5.41) is 11.4. The highest BCUT2D eigenvalue weighted by molar-refractivity contribution is 7.13. The summed E-state index contributed by atoms with van der Waals surface area (Å²) in [6.07, 6.45) is 2.15. The van der Waals surface area contributed by atoms with Crippen LogP contribution in [-0.2, 0) is 0 Å². The Bertz CT molecular complexity index is 883. The third kappa shape index (κ3) is 3.69. The summed E-state index contributed by atoms with van der Waals surface area (Å²) >= 11 is 1.53. The van der Waals surface area contributed by atoms with Crippen molar-refractivity contribution < 1.29 is 9.72 Å². The maximum absolute atomic E-state index is 12.6. The van der Waals surface area contributed by atoms with Gasteiger partial charge in [0.05, 0.1) is 9.80 Å². The number of benzene rings is 1. The third-order valence-electron chi connectivity index (χ3n) is 5.49. The number of carbonyl (C=O) groups excluding carboxylic acids is 1. The second kappa shape index (κ2) is 7.79. The fourth-order valence-electron chi connectivity index (χ4n) is 3.95. The Morgan fingerprint density at radius 3 is 2.32 bits per heavy atom. The van der Waals surface area contributed by atoms with Gasteiger partial charge >= 0.3 is 0 Å². The van der Waals surface area contributed by atoms with Gasteiger partial charge in [0.15, 0.2) is 0 Å². The SMILES string of the molecule is Cc1ccc(C(=O)N2CCN(c3ccc([N+](=O)[O-])c(N4CCCC4)c3)CC2)s1. The van der Waals surface area contributed by atoms with Crippen molar-refractivity contribution in [2.75, 3.05) is 49.1 Å². The van der Waals surface area contributed by atoms with Crippen LogP contribution in [0, 0.1) is 17.0 Å². The number of anilines is 2. The molecule has 2 aromatic rings. The number of rotatable bonds is 4. The lowest BCUT2D eigenvalue weighted by atomic mass is 10.2. The molecule has 0 bridgehead atoms. The molecule has 0 spiro atoms. The standard InChI is InChI=1S/C20H24N4O3S/c1-15-4-7-19(28-15)20(25)23-12-10-21(11-13-23)16-5-6-17(24(26)27)18(14-16)22-8-2-3-9-22/h4-7,14H,2-3,8-13H2,1H3. The molecule has 4 rings (SSSR count).